The van der Waals surface area contributed by atoms with E-state index in [4.69, 9.17) is 0 Å². The van der Waals surface area contributed by atoms with Gasteiger partial charge in [0.1, 0.15) is 5.82 Å². The fraction of sp³-hybridized carbons (Fsp3) is 0.417. The number of benzene rings is 1. The standard InChI is InChI=1S/C12H14FNO3S/c1-9-8-18(16,17)14(12(9)15)7-6-10-4-2-3-5-11(10)13/h2-5,9H,6-8H2,1H3. The zero-order valence-electron chi connectivity index (χ0n) is 9.97. The van der Waals surface area contributed by atoms with Crippen LogP contribution in [0.25, 0.3) is 0 Å². The molecule has 1 fully saturated rings. The summed E-state index contributed by atoms with van der Waals surface area (Å²) in [5, 5.41) is 0. The molecule has 1 aliphatic heterocycles. The van der Waals surface area contributed by atoms with E-state index in [0.29, 0.717) is 5.56 Å². The number of amides is 1. The smallest absolute Gasteiger partial charge is 0.239 e. The van der Waals surface area contributed by atoms with Gasteiger partial charge in [-0.1, -0.05) is 25.1 Å². The summed E-state index contributed by atoms with van der Waals surface area (Å²) in [5.41, 5.74) is 0.417. The van der Waals surface area contributed by atoms with E-state index < -0.39 is 21.8 Å². The summed E-state index contributed by atoms with van der Waals surface area (Å²) in [6, 6.07) is 6.16. The van der Waals surface area contributed by atoms with Gasteiger partial charge in [0.2, 0.25) is 15.9 Å². The van der Waals surface area contributed by atoms with Gasteiger partial charge in [0.15, 0.2) is 0 Å². The lowest BCUT2D eigenvalue weighted by atomic mass is 10.1. The van der Waals surface area contributed by atoms with E-state index in [1.54, 1.807) is 25.1 Å². The van der Waals surface area contributed by atoms with Crippen LogP contribution in [0.5, 0.6) is 0 Å². The lowest BCUT2D eigenvalue weighted by Crippen LogP contribution is -2.32. The fourth-order valence-corrected chi connectivity index (χ4v) is 3.81. The predicted octanol–water partition coefficient (Wildman–Crippen LogP) is 1.18. The molecule has 4 nitrogen and oxygen atoms in total. The molecule has 6 heteroatoms. The van der Waals surface area contributed by atoms with E-state index in [9.17, 15) is 17.6 Å². The number of nitrogens with zero attached hydrogens (tertiary/aromatic N) is 1. The van der Waals surface area contributed by atoms with Crippen LogP contribution in [0, 0.1) is 11.7 Å². The SMILES string of the molecule is CC1CS(=O)(=O)N(CCc2ccccc2F)C1=O. The number of rotatable bonds is 3. The van der Waals surface area contributed by atoms with Gasteiger partial charge in [-0.25, -0.2) is 17.1 Å². The fourth-order valence-electron chi connectivity index (χ4n) is 2.03. The van der Waals surface area contributed by atoms with Crippen LogP contribution in [-0.2, 0) is 21.2 Å². The average molecular weight is 271 g/mol. The monoisotopic (exact) mass is 271 g/mol. The normalized spacial score (nSPS) is 22.4. The number of hydrogen-bond donors (Lipinski definition) is 0. The molecule has 18 heavy (non-hydrogen) atoms. The molecule has 1 aromatic rings. The third-order valence-corrected chi connectivity index (χ3v) is 4.96. The summed E-state index contributed by atoms with van der Waals surface area (Å²) >= 11 is 0. The minimum atomic E-state index is -3.51. The molecule has 0 saturated carbocycles. The topological polar surface area (TPSA) is 54.5 Å². The van der Waals surface area contributed by atoms with Gasteiger partial charge in [-0.05, 0) is 18.1 Å². The first kappa shape index (κ1) is 13.0. The van der Waals surface area contributed by atoms with Gasteiger partial charge in [0.05, 0.1) is 11.7 Å². The highest BCUT2D eigenvalue weighted by Crippen LogP contribution is 2.21. The minimum absolute atomic E-state index is 0.00639. The molecule has 1 aromatic carbocycles. The van der Waals surface area contributed by atoms with Crippen LogP contribution in [-0.4, -0.2) is 30.9 Å². The van der Waals surface area contributed by atoms with E-state index in [2.05, 4.69) is 0 Å². The van der Waals surface area contributed by atoms with E-state index in [-0.39, 0.29) is 24.5 Å². The van der Waals surface area contributed by atoms with Gasteiger partial charge in [-0.15, -0.1) is 0 Å². The van der Waals surface area contributed by atoms with Crippen molar-refractivity contribution in [3.05, 3.63) is 35.6 Å². The Morgan fingerprint density at radius 1 is 1.39 bits per heavy atom. The molecular weight excluding hydrogens is 257 g/mol. The molecule has 1 aliphatic rings. The van der Waals surface area contributed by atoms with Crippen molar-refractivity contribution >= 4 is 15.9 Å². The highest BCUT2D eigenvalue weighted by Gasteiger charge is 2.40. The van der Waals surface area contributed by atoms with Gasteiger partial charge in [-0.2, -0.15) is 0 Å². The summed E-state index contributed by atoms with van der Waals surface area (Å²) in [4.78, 5) is 11.7. The first-order chi connectivity index (χ1) is 8.42. The molecule has 2 rings (SSSR count). The minimum Gasteiger partial charge on any atom is -0.273 e. The van der Waals surface area contributed by atoms with Crippen molar-refractivity contribution in [3.63, 3.8) is 0 Å². The van der Waals surface area contributed by atoms with E-state index in [1.165, 1.54) is 6.07 Å². The summed E-state index contributed by atoms with van der Waals surface area (Å²) < 4.78 is 37.6. The molecule has 0 spiro atoms. The molecule has 1 amide bonds. The zero-order valence-corrected chi connectivity index (χ0v) is 10.8. The number of hydrogen-bond acceptors (Lipinski definition) is 3. The van der Waals surface area contributed by atoms with Crippen LogP contribution in [0.4, 0.5) is 4.39 Å². The first-order valence-corrected chi connectivity index (χ1v) is 7.30. The maximum Gasteiger partial charge on any atom is 0.239 e. The Morgan fingerprint density at radius 3 is 2.61 bits per heavy atom. The van der Waals surface area contributed by atoms with Crippen LogP contribution in [0.15, 0.2) is 24.3 Å². The van der Waals surface area contributed by atoms with Crippen LogP contribution < -0.4 is 0 Å². The molecule has 0 bridgehead atoms. The van der Waals surface area contributed by atoms with Crippen LogP contribution >= 0.6 is 0 Å². The summed E-state index contributed by atoms with van der Waals surface area (Å²) in [7, 11) is -3.51. The maximum absolute atomic E-state index is 13.4. The second kappa shape index (κ2) is 4.68. The van der Waals surface area contributed by atoms with Crippen molar-refractivity contribution in [2.75, 3.05) is 12.3 Å². The Kier molecular flexibility index (Phi) is 3.38. The van der Waals surface area contributed by atoms with Crippen molar-refractivity contribution in [1.82, 2.24) is 4.31 Å². The average Bonchev–Trinajstić information content (AvgIpc) is 2.48. The highest BCUT2D eigenvalue weighted by atomic mass is 32.2. The highest BCUT2D eigenvalue weighted by molar-refractivity contribution is 7.90. The van der Waals surface area contributed by atoms with Crippen LogP contribution in [0.2, 0.25) is 0 Å². The predicted molar refractivity (Wildman–Crippen MR) is 64.8 cm³/mol. The van der Waals surface area contributed by atoms with E-state index in [0.717, 1.165) is 4.31 Å². The Balaban J connectivity index is 2.11. The van der Waals surface area contributed by atoms with Gasteiger partial charge < -0.3 is 0 Å². The molecule has 1 heterocycles. The van der Waals surface area contributed by atoms with Crippen molar-refractivity contribution in [2.45, 2.75) is 13.3 Å². The number of sulfonamides is 1. The van der Waals surface area contributed by atoms with Crippen molar-refractivity contribution < 1.29 is 17.6 Å². The van der Waals surface area contributed by atoms with Gasteiger partial charge in [0, 0.05) is 6.54 Å². The molecule has 0 aliphatic carbocycles. The molecule has 1 unspecified atom stereocenters. The van der Waals surface area contributed by atoms with E-state index >= 15 is 0 Å². The third-order valence-electron chi connectivity index (χ3n) is 3.01. The van der Waals surface area contributed by atoms with Crippen LogP contribution in [0.3, 0.4) is 0 Å². The van der Waals surface area contributed by atoms with Crippen molar-refractivity contribution in [1.29, 1.82) is 0 Å². The van der Waals surface area contributed by atoms with Crippen LogP contribution in [0.1, 0.15) is 12.5 Å². The second-order valence-electron chi connectivity index (χ2n) is 4.43. The lowest BCUT2D eigenvalue weighted by molar-refractivity contribution is -0.128. The number of halogens is 1. The third kappa shape index (κ3) is 2.38. The Bertz CT molecular complexity index is 570. The van der Waals surface area contributed by atoms with Gasteiger partial charge >= 0.3 is 0 Å². The quantitative estimate of drug-likeness (QED) is 0.829. The van der Waals surface area contributed by atoms with Crippen molar-refractivity contribution in [3.8, 4) is 0 Å². The molecule has 0 aromatic heterocycles. The zero-order chi connectivity index (χ0) is 13.3. The Labute approximate surface area is 105 Å². The maximum atomic E-state index is 13.4. The van der Waals surface area contributed by atoms with E-state index in [1.807, 2.05) is 0 Å². The molecule has 98 valence electrons. The summed E-state index contributed by atoms with van der Waals surface area (Å²) in [5.74, 6) is -1.43. The summed E-state index contributed by atoms with van der Waals surface area (Å²) in [6.45, 7) is 1.59. The molecule has 0 radical (unpaired) electrons. The number of carbonyl (C=O) groups excluding carboxylic acids is 1. The Hall–Kier alpha value is -1.43. The van der Waals surface area contributed by atoms with Gasteiger partial charge in [-0.3, -0.25) is 4.79 Å². The first-order valence-electron chi connectivity index (χ1n) is 5.69. The van der Waals surface area contributed by atoms with Gasteiger partial charge in [0.25, 0.3) is 0 Å². The lowest BCUT2D eigenvalue weighted by Gasteiger charge is -2.15. The number of carbonyl (C=O) groups is 1. The molecule has 1 saturated heterocycles. The largest absolute Gasteiger partial charge is 0.273 e. The van der Waals surface area contributed by atoms with Crippen molar-refractivity contribution in [2.24, 2.45) is 5.92 Å². The molecule has 0 N–H and O–H groups in total. The Morgan fingerprint density at radius 2 is 2.06 bits per heavy atom. The second-order valence-corrected chi connectivity index (χ2v) is 6.37. The summed E-state index contributed by atoms with van der Waals surface area (Å²) in [6.07, 6.45) is 0.199. The molecular formula is C12H14FNO3S. The molecule has 1 atom stereocenters.